The van der Waals surface area contributed by atoms with Gasteiger partial charge in [0, 0.05) is 0 Å². The third kappa shape index (κ3) is 5.78. The van der Waals surface area contributed by atoms with Crippen LogP contribution in [0.5, 0.6) is 11.5 Å². The fourth-order valence-electron chi connectivity index (χ4n) is 2.91. The van der Waals surface area contributed by atoms with Gasteiger partial charge in [0.2, 0.25) is 0 Å². The molecule has 3 rings (SSSR count). The highest BCUT2D eigenvalue weighted by molar-refractivity contribution is 5.78. The van der Waals surface area contributed by atoms with Gasteiger partial charge in [-0.05, 0) is 41.8 Å². The molecule has 6 heteroatoms. The summed E-state index contributed by atoms with van der Waals surface area (Å²) in [5.74, 6) is 0.409. The summed E-state index contributed by atoms with van der Waals surface area (Å²) < 4.78 is 34.8. The van der Waals surface area contributed by atoms with Crippen LogP contribution in [0.25, 0.3) is 0 Å². The Morgan fingerprint density at radius 2 is 1.52 bits per heavy atom. The van der Waals surface area contributed by atoms with Crippen molar-refractivity contribution in [2.45, 2.75) is 19.6 Å². The van der Waals surface area contributed by atoms with Crippen LogP contribution < -0.4 is 14.8 Å². The van der Waals surface area contributed by atoms with Crippen molar-refractivity contribution < 1.29 is 23.0 Å². The zero-order valence-electron chi connectivity index (χ0n) is 15.8. The van der Waals surface area contributed by atoms with Gasteiger partial charge in [0.1, 0.15) is 11.5 Å². The van der Waals surface area contributed by atoms with Crippen LogP contribution in [0.4, 0.5) is 8.78 Å². The van der Waals surface area contributed by atoms with E-state index in [-0.39, 0.29) is 18.3 Å². The van der Waals surface area contributed by atoms with Crippen LogP contribution in [-0.2, 0) is 4.79 Å². The van der Waals surface area contributed by atoms with Gasteiger partial charge in [-0.25, -0.2) is 0 Å². The smallest absolute Gasteiger partial charge is 0.387 e. The van der Waals surface area contributed by atoms with Gasteiger partial charge in [0.05, 0.1) is 6.04 Å². The summed E-state index contributed by atoms with van der Waals surface area (Å²) >= 11 is 0. The van der Waals surface area contributed by atoms with E-state index in [4.69, 9.17) is 4.74 Å². The van der Waals surface area contributed by atoms with Gasteiger partial charge < -0.3 is 14.8 Å². The largest absolute Gasteiger partial charge is 0.484 e. The zero-order valence-corrected chi connectivity index (χ0v) is 15.8. The maximum absolute atomic E-state index is 12.5. The fraction of sp³-hybridized carbons (Fsp3) is 0.174. The molecule has 0 bridgehead atoms. The molecule has 150 valence electrons. The van der Waals surface area contributed by atoms with Crippen LogP contribution >= 0.6 is 0 Å². The van der Waals surface area contributed by atoms with E-state index in [1.165, 1.54) is 12.1 Å². The van der Waals surface area contributed by atoms with Crippen LogP contribution in [0.3, 0.4) is 0 Å². The van der Waals surface area contributed by atoms with Crippen molar-refractivity contribution in [1.29, 1.82) is 0 Å². The number of hydrogen-bond acceptors (Lipinski definition) is 3. The third-order valence-electron chi connectivity index (χ3n) is 4.33. The van der Waals surface area contributed by atoms with E-state index in [1.54, 1.807) is 18.2 Å². The van der Waals surface area contributed by atoms with Crippen LogP contribution in [0, 0.1) is 6.92 Å². The molecule has 1 amide bonds. The highest BCUT2D eigenvalue weighted by Crippen LogP contribution is 2.25. The number of ether oxygens (including phenoxy) is 2. The second-order valence-electron chi connectivity index (χ2n) is 6.41. The Bertz CT molecular complexity index is 930. The van der Waals surface area contributed by atoms with Crippen LogP contribution in [0.2, 0.25) is 0 Å². The molecule has 0 saturated heterocycles. The Morgan fingerprint density at radius 1 is 0.897 bits per heavy atom. The van der Waals surface area contributed by atoms with Gasteiger partial charge in [0.25, 0.3) is 5.91 Å². The Labute approximate surface area is 168 Å². The van der Waals surface area contributed by atoms with E-state index in [0.29, 0.717) is 5.75 Å². The molecule has 0 aliphatic carbocycles. The molecule has 0 fully saturated rings. The molecule has 0 aliphatic rings. The standard InChI is InChI=1S/C23H21F2NO3/c1-16-7-5-6-10-20(16)28-15-21(27)26-22(17-8-3-2-4-9-17)18-11-13-19(14-12-18)29-23(24)25/h2-14,22-23H,15H2,1H3,(H,26,27)/t22-/m0/s1. The molecule has 0 spiro atoms. The van der Waals surface area contributed by atoms with E-state index in [2.05, 4.69) is 10.1 Å². The molecular formula is C23H21F2NO3. The molecule has 0 radical (unpaired) electrons. The lowest BCUT2D eigenvalue weighted by Gasteiger charge is -2.20. The van der Waals surface area contributed by atoms with Crippen molar-refractivity contribution in [1.82, 2.24) is 5.32 Å². The average Bonchev–Trinajstić information content (AvgIpc) is 2.72. The number of amides is 1. The molecule has 1 atom stereocenters. The van der Waals surface area contributed by atoms with Crippen molar-refractivity contribution in [3.8, 4) is 11.5 Å². The Kier molecular flexibility index (Phi) is 6.79. The Morgan fingerprint density at radius 3 is 2.17 bits per heavy atom. The summed E-state index contributed by atoms with van der Waals surface area (Å²) in [6.45, 7) is -1.12. The van der Waals surface area contributed by atoms with Crippen LogP contribution in [0.15, 0.2) is 78.9 Å². The number of alkyl halides is 2. The predicted molar refractivity (Wildman–Crippen MR) is 106 cm³/mol. The summed E-state index contributed by atoms with van der Waals surface area (Å²) in [6, 6.07) is 22.6. The minimum atomic E-state index is -2.89. The van der Waals surface area contributed by atoms with E-state index >= 15 is 0 Å². The summed E-state index contributed by atoms with van der Waals surface area (Å²) in [5.41, 5.74) is 2.54. The van der Waals surface area contributed by atoms with Crippen molar-refractivity contribution in [2.75, 3.05) is 6.61 Å². The first-order valence-electron chi connectivity index (χ1n) is 9.10. The first-order valence-corrected chi connectivity index (χ1v) is 9.10. The normalized spacial score (nSPS) is 11.7. The second kappa shape index (κ2) is 9.68. The molecule has 29 heavy (non-hydrogen) atoms. The topological polar surface area (TPSA) is 47.6 Å². The van der Waals surface area contributed by atoms with Crippen molar-refractivity contribution in [2.24, 2.45) is 0 Å². The third-order valence-corrected chi connectivity index (χ3v) is 4.33. The molecule has 3 aromatic rings. The number of carbonyl (C=O) groups excluding carboxylic acids is 1. The van der Waals surface area contributed by atoms with Gasteiger partial charge in [-0.1, -0.05) is 60.7 Å². The number of benzene rings is 3. The first kappa shape index (κ1) is 20.3. The molecule has 4 nitrogen and oxygen atoms in total. The van der Waals surface area contributed by atoms with Gasteiger partial charge in [0.15, 0.2) is 6.61 Å². The second-order valence-corrected chi connectivity index (χ2v) is 6.41. The lowest BCUT2D eigenvalue weighted by atomic mass is 9.98. The van der Waals surface area contributed by atoms with Gasteiger partial charge in [-0.3, -0.25) is 4.79 Å². The summed E-state index contributed by atoms with van der Waals surface area (Å²) in [6.07, 6.45) is 0. The van der Waals surface area contributed by atoms with E-state index < -0.39 is 12.7 Å². The van der Waals surface area contributed by atoms with Gasteiger partial charge in [-0.15, -0.1) is 0 Å². The monoisotopic (exact) mass is 397 g/mol. The summed E-state index contributed by atoms with van der Waals surface area (Å²) in [4.78, 5) is 12.5. The maximum Gasteiger partial charge on any atom is 0.387 e. The van der Waals surface area contributed by atoms with Crippen LogP contribution in [-0.4, -0.2) is 19.1 Å². The highest BCUT2D eigenvalue weighted by Gasteiger charge is 2.18. The molecule has 0 saturated carbocycles. The lowest BCUT2D eigenvalue weighted by molar-refractivity contribution is -0.123. The van der Waals surface area contributed by atoms with E-state index in [0.717, 1.165) is 16.7 Å². The molecule has 0 unspecified atom stereocenters. The average molecular weight is 397 g/mol. The van der Waals surface area contributed by atoms with Crippen molar-refractivity contribution in [3.05, 3.63) is 95.6 Å². The first-order chi connectivity index (χ1) is 14.0. The van der Waals surface area contributed by atoms with Crippen molar-refractivity contribution >= 4 is 5.91 Å². The number of carbonyl (C=O) groups is 1. The quantitative estimate of drug-likeness (QED) is 0.589. The van der Waals surface area contributed by atoms with Gasteiger partial charge >= 0.3 is 6.61 Å². The molecule has 0 heterocycles. The SMILES string of the molecule is Cc1ccccc1OCC(=O)N[C@@H](c1ccccc1)c1ccc(OC(F)F)cc1. The lowest BCUT2D eigenvalue weighted by Crippen LogP contribution is -2.33. The molecular weight excluding hydrogens is 376 g/mol. The minimum absolute atomic E-state index is 0.0600. The zero-order chi connectivity index (χ0) is 20.6. The number of nitrogens with one attached hydrogen (secondary N) is 1. The van der Waals surface area contributed by atoms with Crippen LogP contribution in [0.1, 0.15) is 22.7 Å². The van der Waals surface area contributed by atoms with Gasteiger partial charge in [-0.2, -0.15) is 8.78 Å². The van der Waals surface area contributed by atoms with E-state index in [9.17, 15) is 13.6 Å². The number of halogens is 2. The molecule has 0 aromatic heterocycles. The number of rotatable bonds is 8. The fourth-order valence-corrected chi connectivity index (χ4v) is 2.91. The predicted octanol–water partition coefficient (Wildman–Crippen LogP) is 4.88. The molecule has 1 N–H and O–H groups in total. The summed E-state index contributed by atoms with van der Waals surface area (Å²) in [5, 5.41) is 2.95. The summed E-state index contributed by atoms with van der Waals surface area (Å²) in [7, 11) is 0. The maximum atomic E-state index is 12.5. The highest BCUT2D eigenvalue weighted by atomic mass is 19.3. The van der Waals surface area contributed by atoms with E-state index in [1.807, 2.05) is 55.5 Å². The number of para-hydroxylation sites is 1. The van der Waals surface area contributed by atoms with Crippen molar-refractivity contribution in [3.63, 3.8) is 0 Å². The molecule has 0 aliphatic heterocycles. The number of aryl methyl sites for hydroxylation is 1. The Hall–Kier alpha value is -3.41. The minimum Gasteiger partial charge on any atom is -0.484 e. The Balaban J connectivity index is 1.74. The molecule has 3 aromatic carbocycles. The number of hydrogen-bond donors (Lipinski definition) is 1.